The Hall–Kier alpha value is -1.11. The predicted molar refractivity (Wildman–Crippen MR) is 79.1 cm³/mol. The van der Waals surface area contributed by atoms with Crippen LogP contribution in [0.2, 0.25) is 0 Å². The molecule has 0 aliphatic heterocycles. The minimum atomic E-state index is -3.34. The van der Waals surface area contributed by atoms with Crippen molar-refractivity contribution < 1.29 is 8.42 Å². The Morgan fingerprint density at radius 1 is 1.11 bits per heavy atom. The van der Waals surface area contributed by atoms with E-state index < -0.39 is 10.0 Å². The summed E-state index contributed by atoms with van der Waals surface area (Å²) in [5.41, 5.74) is 1.01. The van der Waals surface area contributed by atoms with Gasteiger partial charge in [0.25, 0.3) is 0 Å². The van der Waals surface area contributed by atoms with E-state index in [0.29, 0.717) is 4.90 Å². The second-order valence-electron chi connectivity index (χ2n) is 4.56. The van der Waals surface area contributed by atoms with Gasteiger partial charge in [-0.15, -0.1) is 0 Å². The van der Waals surface area contributed by atoms with Gasteiger partial charge in [0.05, 0.1) is 4.90 Å². The molecule has 5 nitrogen and oxygen atoms in total. The van der Waals surface area contributed by atoms with Gasteiger partial charge in [0.1, 0.15) is 0 Å². The molecular formula is C13H23N3O2S. The summed E-state index contributed by atoms with van der Waals surface area (Å²) >= 11 is 0. The zero-order valence-electron chi connectivity index (χ0n) is 12.0. The lowest BCUT2D eigenvalue weighted by atomic mass is 10.3. The first-order valence-corrected chi connectivity index (χ1v) is 7.78. The van der Waals surface area contributed by atoms with E-state index in [4.69, 9.17) is 0 Å². The maximum Gasteiger partial charge on any atom is 0.242 e. The summed E-state index contributed by atoms with van der Waals surface area (Å²) in [6.45, 7) is 4.81. The molecule has 0 bridgehead atoms. The minimum absolute atomic E-state index is 0.321. The average Bonchev–Trinajstić information content (AvgIpc) is 2.39. The second kappa shape index (κ2) is 6.88. The third-order valence-corrected chi connectivity index (χ3v) is 4.76. The van der Waals surface area contributed by atoms with Crippen molar-refractivity contribution >= 4 is 15.7 Å². The molecule has 0 unspecified atom stereocenters. The number of anilines is 1. The summed E-state index contributed by atoms with van der Waals surface area (Å²) < 4.78 is 25.1. The van der Waals surface area contributed by atoms with E-state index in [9.17, 15) is 8.42 Å². The van der Waals surface area contributed by atoms with Crippen molar-refractivity contribution in [2.45, 2.75) is 11.8 Å². The number of rotatable bonds is 7. The van der Waals surface area contributed by atoms with Crippen molar-refractivity contribution in [1.82, 2.24) is 9.62 Å². The smallest absolute Gasteiger partial charge is 0.242 e. The molecule has 6 heteroatoms. The van der Waals surface area contributed by atoms with Crippen LogP contribution in [0.5, 0.6) is 0 Å². The Morgan fingerprint density at radius 3 is 2.16 bits per heavy atom. The second-order valence-corrected chi connectivity index (χ2v) is 6.71. The van der Waals surface area contributed by atoms with Gasteiger partial charge in [-0.2, -0.15) is 0 Å². The van der Waals surface area contributed by atoms with Gasteiger partial charge < -0.3 is 10.2 Å². The third kappa shape index (κ3) is 4.19. The normalized spacial score (nSPS) is 11.8. The fourth-order valence-corrected chi connectivity index (χ4v) is 2.54. The fourth-order valence-electron chi connectivity index (χ4n) is 1.64. The average molecular weight is 285 g/mol. The van der Waals surface area contributed by atoms with Crippen LogP contribution in [0.4, 0.5) is 5.69 Å². The molecule has 0 aliphatic carbocycles. The molecule has 1 aromatic rings. The lowest BCUT2D eigenvalue weighted by Crippen LogP contribution is -2.29. The van der Waals surface area contributed by atoms with Crippen LogP contribution in [0.15, 0.2) is 29.2 Å². The lowest BCUT2D eigenvalue weighted by molar-refractivity contribution is 0.521. The van der Waals surface area contributed by atoms with Crippen LogP contribution in [-0.2, 0) is 10.0 Å². The topological polar surface area (TPSA) is 52.7 Å². The minimum Gasteiger partial charge on any atom is -0.373 e. The van der Waals surface area contributed by atoms with Crippen LogP contribution < -0.4 is 10.2 Å². The molecule has 0 aliphatic rings. The quantitative estimate of drug-likeness (QED) is 0.759. The molecule has 0 saturated heterocycles. The molecule has 108 valence electrons. The van der Waals surface area contributed by atoms with E-state index in [1.165, 1.54) is 18.4 Å². The number of sulfonamides is 1. The van der Waals surface area contributed by atoms with E-state index in [2.05, 4.69) is 17.1 Å². The number of hydrogen-bond donors (Lipinski definition) is 1. The zero-order valence-corrected chi connectivity index (χ0v) is 12.9. The standard InChI is InChI=1S/C13H23N3O2S/c1-5-14-10-11-16(4)12-6-8-13(9-7-12)19(17,18)15(2)3/h6-9,14H,5,10-11H2,1-4H3. The van der Waals surface area contributed by atoms with Gasteiger partial charge in [0.15, 0.2) is 0 Å². The number of benzene rings is 1. The highest BCUT2D eigenvalue weighted by atomic mass is 32.2. The summed E-state index contributed by atoms with van der Waals surface area (Å²) in [6, 6.07) is 6.97. The fraction of sp³-hybridized carbons (Fsp3) is 0.538. The summed E-state index contributed by atoms with van der Waals surface area (Å²) in [4.78, 5) is 2.41. The monoisotopic (exact) mass is 285 g/mol. The molecule has 19 heavy (non-hydrogen) atoms. The number of hydrogen-bond acceptors (Lipinski definition) is 4. The highest BCUT2D eigenvalue weighted by Crippen LogP contribution is 2.18. The van der Waals surface area contributed by atoms with Gasteiger partial charge in [0, 0.05) is 39.9 Å². The molecular weight excluding hydrogens is 262 g/mol. The Bertz CT molecular complexity index is 483. The predicted octanol–water partition coefficient (Wildman–Crippen LogP) is 0.983. The van der Waals surface area contributed by atoms with Crippen LogP contribution in [-0.4, -0.2) is 53.5 Å². The SMILES string of the molecule is CCNCCN(C)c1ccc(S(=O)(=O)N(C)C)cc1. The number of nitrogens with zero attached hydrogens (tertiary/aromatic N) is 2. The van der Waals surface area contributed by atoms with Gasteiger partial charge >= 0.3 is 0 Å². The van der Waals surface area contributed by atoms with E-state index in [1.54, 1.807) is 12.1 Å². The summed E-state index contributed by atoms with van der Waals surface area (Å²) in [7, 11) is 1.72. The first-order chi connectivity index (χ1) is 8.89. The molecule has 0 heterocycles. The molecule has 0 radical (unpaired) electrons. The highest BCUT2D eigenvalue weighted by Gasteiger charge is 2.16. The van der Waals surface area contributed by atoms with Crippen molar-refractivity contribution in [2.75, 3.05) is 45.7 Å². The van der Waals surface area contributed by atoms with Crippen molar-refractivity contribution in [2.24, 2.45) is 0 Å². The first-order valence-electron chi connectivity index (χ1n) is 6.34. The zero-order chi connectivity index (χ0) is 14.5. The Morgan fingerprint density at radius 2 is 1.68 bits per heavy atom. The molecule has 0 fully saturated rings. The maximum atomic E-state index is 11.9. The van der Waals surface area contributed by atoms with E-state index in [-0.39, 0.29) is 0 Å². The number of likely N-dealkylation sites (N-methyl/N-ethyl adjacent to an activating group) is 2. The van der Waals surface area contributed by atoms with Gasteiger partial charge in [-0.05, 0) is 30.8 Å². The van der Waals surface area contributed by atoms with Crippen molar-refractivity contribution in [1.29, 1.82) is 0 Å². The largest absolute Gasteiger partial charge is 0.373 e. The summed E-state index contributed by atoms with van der Waals surface area (Å²) in [6.07, 6.45) is 0. The van der Waals surface area contributed by atoms with Crippen molar-refractivity contribution in [3.05, 3.63) is 24.3 Å². The Balaban J connectivity index is 2.77. The summed E-state index contributed by atoms with van der Waals surface area (Å²) in [5, 5.41) is 3.26. The van der Waals surface area contributed by atoms with Crippen molar-refractivity contribution in [3.63, 3.8) is 0 Å². The van der Waals surface area contributed by atoms with Gasteiger partial charge in [-0.25, -0.2) is 12.7 Å². The molecule has 0 saturated carbocycles. The van der Waals surface area contributed by atoms with E-state index >= 15 is 0 Å². The summed E-state index contributed by atoms with van der Waals surface area (Å²) in [5.74, 6) is 0. The molecule has 1 aromatic carbocycles. The number of nitrogens with one attached hydrogen (secondary N) is 1. The third-order valence-electron chi connectivity index (χ3n) is 2.93. The van der Waals surface area contributed by atoms with Crippen LogP contribution >= 0.6 is 0 Å². The molecule has 1 rings (SSSR count). The van der Waals surface area contributed by atoms with Gasteiger partial charge in [0.2, 0.25) is 10.0 Å². The van der Waals surface area contributed by atoms with Crippen molar-refractivity contribution in [3.8, 4) is 0 Å². The van der Waals surface area contributed by atoms with Gasteiger partial charge in [-0.3, -0.25) is 0 Å². The molecule has 0 amide bonds. The first kappa shape index (κ1) is 15.9. The Labute approximate surface area is 116 Å². The maximum absolute atomic E-state index is 11.9. The van der Waals surface area contributed by atoms with E-state index in [0.717, 1.165) is 25.3 Å². The van der Waals surface area contributed by atoms with E-state index in [1.807, 2.05) is 19.2 Å². The molecule has 1 N–H and O–H groups in total. The molecule has 0 aromatic heterocycles. The molecule has 0 atom stereocenters. The highest BCUT2D eigenvalue weighted by molar-refractivity contribution is 7.89. The lowest BCUT2D eigenvalue weighted by Gasteiger charge is -2.20. The van der Waals surface area contributed by atoms with Crippen LogP contribution in [0, 0.1) is 0 Å². The van der Waals surface area contributed by atoms with Gasteiger partial charge in [-0.1, -0.05) is 6.92 Å². The Kier molecular flexibility index (Phi) is 5.78. The van der Waals surface area contributed by atoms with Crippen LogP contribution in [0.3, 0.4) is 0 Å². The molecule has 0 spiro atoms. The van der Waals surface area contributed by atoms with Crippen LogP contribution in [0.25, 0.3) is 0 Å². The van der Waals surface area contributed by atoms with Crippen LogP contribution in [0.1, 0.15) is 6.92 Å².